The molecule has 0 saturated heterocycles. The number of pyridine rings is 1. The van der Waals surface area contributed by atoms with E-state index in [1.807, 2.05) is 0 Å². The number of hydrogen-bond donors (Lipinski definition) is 2. The Bertz CT molecular complexity index is 1190. The molecule has 0 radical (unpaired) electrons. The highest BCUT2D eigenvalue weighted by molar-refractivity contribution is 5.70. The van der Waals surface area contributed by atoms with E-state index < -0.39 is 60.3 Å². The number of fused-ring (bicyclic) bond motifs is 5. The van der Waals surface area contributed by atoms with E-state index >= 15 is 0 Å². The van der Waals surface area contributed by atoms with Crippen molar-refractivity contribution >= 4 is 5.69 Å². The SMILES string of the molecule is CNc1cc(C(F)(F)F)c2nc1-c1nnc(o1)C(OCC1=CCCC=C1)(C(F)(F)F)CC(O)CCCCO2. The molecule has 2 aliphatic rings. The van der Waals surface area contributed by atoms with E-state index in [4.69, 9.17) is 13.9 Å². The molecule has 0 amide bonds. The highest BCUT2D eigenvalue weighted by atomic mass is 19.4. The van der Waals surface area contributed by atoms with E-state index in [0.717, 1.165) is 6.42 Å². The summed E-state index contributed by atoms with van der Waals surface area (Å²) in [6.07, 6.45) is -5.53. The Hall–Kier alpha value is -3.13. The molecule has 4 bridgehead atoms. The summed E-state index contributed by atoms with van der Waals surface area (Å²) in [5.41, 5.74) is -4.40. The lowest BCUT2D eigenvalue weighted by Crippen LogP contribution is -2.48. The summed E-state index contributed by atoms with van der Waals surface area (Å²) in [6, 6.07) is 0.715. The lowest BCUT2D eigenvalue weighted by atomic mass is 9.92. The van der Waals surface area contributed by atoms with Crippen LogP contribution < -0.4 is 10.1 Å². The van der Waals surface area contributed by atoms with Gasteiger partial charge in [-0.1, -0.05) is 18.2 Å². The molecule has 2 atom stereocenters. The van der Waals surface area contributed by atoms with Gasteiger partial charge in [0.15, 0.2) is 5.69 Å². The standard InChI is InChI=1S/C24H26F6N4O4/c1-31-17-11-16(23(25,26)27)19-32-18(17)20-33-34-21(38-20)22(24(28,29)30,12-15(35)9-5-6-10-36-19)37-13-14-7-3-2-4-8-14/h3,7-8,11,15,31,35H,2,4-6,9-10,12-13H2,1H3. The Balaban J connectivity index is 1.85. The van der Waals surface area contributed by atoms with Gasteiger partial charge in [-0.2, -0.15) is 26.3 Å². The average Bonchev–Trinajstić information content (AvgIpc) is 3.35. The summed E-state index contributed by atoms with van der Waals surface area (Å²) in [5, 5.41) is 20.3. The van der Waals surface area contributed by atoms with Crippen molar-refractivity contribution in [2.75, 3.05) is 25.6 Å². The summed E-state index contributed by atoms with van der Waals surface area (Å²) in [5.74, 6) is -2.36. The van der Waals surface area contributed by atoms with E-state index in [1.54, 1.807) is 18.2 Å². The molecule has 3 heterocycles. The largest absolute Gasteiger partial charge is 0.477 e. The van der Waals surface area contributed by atoms with Crippen molar-refractivity contribution in [2.24, 2.45) is 0 Å². The Morgan fingerprint density at radius 3 is 2.61 bits per heavy atom. The molecule has 0 aromatic carbocycles. The first-order valence-electron chi connectivity index (χ1n) is 12.0. The van der Waals surface area contributed by atoms with Crippen LogP contribution in [0.1, 0.15) is 50.0 Å². The zero-order chi connectivity index (χ0) is 27.6. The predicted octanol–water partition coefficient (Wildman–Crippen LogP) is 5.56. The molecule has 38 heavy (non-hydrogen) atoms. The first-order chi connectivity index (χ1) is 17.9. The van der Waals surface area contributed by atoms with Gasteiger partial charge in [0, 0.05) is 13.5 Å². The van der Waals surface area contributed by atoms with Crippen molar-refractivity contribution < 1.29 is 45.3 Å². The fourth-order valence-corrected chi connectivity index (χ4v) is 4.24. The molecule has 2 aromatic heterocycles. The molecule has 208 valence electrons. The zero-order valence-electron chi connectivity index (χ0n) is 20.3. The lowest BCUT2D eigenvalue weighted by Gasteiger charge is -2.34. The maximum Gasteiger partial charge on any atom is 0.426 e. The Labute approximate surface area is 213 Å². The van der Waals surface area contributed by atoms with E-state index in [-0.39, 0.29) is 37.3 Å². The van der Waals surface area contributed by atoms with Crippen LogP contribution in [0.4, 0.5) is 32.0 Å². The molecule has 8 nitrogen and oxygen atoms in total. The highest BCUT2D eigenvalue weighted by Gasteiger charge is 2.62. The quantitative estimate of drug-likeness (QED) is 0.479. The summed E-state index contributed by atoms with van der Waals surface area (Å²) in [4.78, 5) is 3.90. The molecule has 2 aromatic rings. The Kier molecular flexibility index (Phi) is 8.02. The number of nitrogens with one attached hydrogen (secondary N) is 1. The first kappa shape index (κ1) is 27.9. The second kappa shape index (κ2) is 10.9. The summed E-state index contributed by atoms with van der Waals surface area (Å²) >= 11 is 0. The average molecular weight is 548 g/mol. The molecule has 1 aliphatic carbocycles. The van der Waals surface area contributed by atoms with Crippen molar-refractivity contribution in [2.45, 2.75) is 62.6 Å². The second-order valence-electron chi connectivity index (χ2n) is 8.97. The van der Waals surface area contributed by atoms with Crippen molar-refractivity contribution in [3.8, 4) is 17.5 Å². The minimum Gasteiger partial charge on any atom is -0.477 e. The Morgan fingerprint density at radius 1 is 1.16 bits per heavy atom. The summed E-state index contributed by atoms with van der Waals surface area (Å²) < 4.78 is 101. The van der Waals surface area contributed by atoms with Crippen molar-refractivity contribution in [1.82, 2.24) is 15.2 Å². The second-order valence-corrected chi connectivity index (χ2v) is 8.97. The van der Waals surface area contributed by atoms with Crippen LogP contribution in [0.25, 0.3) is 11.6 Å². The van der Waals surface area contributed by atoms with E-state index in [9.17, 15) is 31.4 Å². The lowest BCUT2D eigenvalue weighted by molar-refractivity contribution is -0.298. The number of aromatic nitrogens is 3. The number of nitrogens with zero attached hydrogens (tertiary/aromatic N) is 3. The number of halogens is 6. The molecular weight excluding hydrogens is 522 g/mol. The molecule has 14 heteroatoms. The third-order valence-corrected chi connectivity index (χ3v) is 6.24. The number of aliphatic hydroxyl groups is 1. The molecule has 2 unspecified atom stereocenters. The number of anilines is 1. The van der Waals surface area contributed by atoms with E-state index in [2.05, 4.69) is 20.5 Å². The van der Waals surface area contributed by atoms with Crippen molar-refractivity contribution in [3.05, 3.63) is 41.3 Å². The number of aliphatic hydroxyl groups excluding tert-OH is 1. The first-order valence-corrected chi connectivity index (χ1v) is 12.0. The fraction of sp³-hybridized carbons (Fsp3) is 0.542. The molecule has 2 N–H and O–H groups in total. The van der Waals surface area contributed by atoms with Crippen LogP contribution in [0.5, 0.6) is 5.88 Å². The highest BCUT2D eigenvalue weighted by Crippen LogP contribution is 2.47. The monoisotopic (exact) mass is 548 g/mol. The van der Waals surface area contributed by atoms with Gasteiger partial charge in [0.25, 0.3) is 11.8 Å². The normalized spacial score (nSPS) is 22.8. The third-order valence-electron chi connectivity index (χ3n) is 6.24. The van der Waals surface area contributed by atoms with Crippen LogP contribution in [0.3, 0.4) is 0 Å². The molecular formula is C24H26F6N4O4. The number of hydrogen-bond acceptors (Lipinski definition) is 8. The molecule has 1 aliphatic heterocycles. The van der Waals surface area contributed by atoms with E-state index in [0.29, 0.717) is 18.1 Å². The molecule has 0 saturated carbocycles. The summed E-state index contributed by atoms with van der Waals surface area (Å²) in [7, 11) is 1.31. The van der Waals surface area contributed by atoms with Crippen LogP contribution in [-0.2, 0) is 16.5 Å². The topological polar surface area (TPSA) is 103 Å². The maximum atomic E-state index is 14.7. The van der Waals surface area contributed by atoms with Crippen molar-refractivity contribution in [1.29, 1.82) is 0 Å². The smallest absolute Gasteiger partial charge is 0.426 e. The van der Waals surface area contributed by atoms with Crippen LogP contribution in [0.2, 0.25) is 0 Å². The number of ether oxygens (including phenoxy) is 2. The predicted molar refractivity (Wildman–Crippen MR) is 122 cm³/mol. The van der Waals surface area contributed by atoms with Gasteiger partial charge >= 0.3 is 12.4 Å². The van der Waals surface area contributed by atoms with Gasteiger partial charge in [0.05, 0.1) is 25.0 Å². The minimum atomic E-state index is -5.10. The fourth-order valence-electron chi connectivity index (χ4n) is 4.24. The molecule has 4 rings (SSSR count). The number of allylic oxidation sites excluding steroid dienone is 2. The van der Waals surface area contributed by atoms with Crippen LogP contribution in [0, 0.1) is 0 Å². The number of alkyl halides is 6. The van der Waals surface area contributed by atoms with Gasteiger partial charge in [-0.05, 0) is 43.7 Å². The van der Waals surface area contributed by atoms with Gasteiger partial charge in [-0.15, -0.1) is 10.2 Å². The number of rotatable bonds is 4. The maximum absolute atomic E-state index is 14.7. The van der Waals surface area contributed by atoms with E-state index in [1.165, 1.54) is 7.05 Å². The van der Waals surface area contributed by atoms with Gasteiger partial charge in [-0.25, -0.2) is 4.98 Å². The molecule has 0 spiro atoms. The third kappa shape index (κ3) is 5.80. The van der Waals surface area contributed by atoms with Crippen LogP contribution in [-0.4, -0.2) is 52.8 Å². The van der Waals surface area contributed by atoms with Gasteiger partial charge in [0.1, 0.15) is 5.56 Å². The van der Waals surface area contributed by atoms with Gasteiger partial charge in [-0.3, -0.25) is 0 Å². The van der Waals surface area contributed by atoms with Crippen LogP contribution >= 0.6 is 0 Å². The van der Waals surface area contributed by atoms with Crippen LogP contribution in [0.15, 0.2) is 34.3 Å². The zero-order valence-corrected chi connectivity index (χ0v) is 20.3. The van der Waals surface area contributed by atoms with Gasteiger partial charge < -0.3 is 24.3 Å². The minimum absolute atomic E-state index is 0.0996. The summed E-state index contributed by atoms with van der Waals surface area (Å²) in [6.45, 7) is -0.656. The van der Waals surface area contributed by atoms with Crippen molar-refractivity contribution in [3.63, 3.8) is 0 Å². The Morgan fingerprint density at radius 2 is 1.95 bits per heavy atom. The molecule has 0 fully saturated rings. The van der Waals surface area contributed by atoms with Gasteiger partial charge in [0.2, 0.25) is 11.5 Å².